The Kier molecular flexibility index (Phi) is 7.09. The van der Waals surface area contributed by atoms with Gasteiger partial charge in [0, 0.05) is 30.7 Å². The van der Waals surface area contributed by atoms with E-state index < -0.39 is 11.2 Å². The second-order valence-electron chi connectivity index (χ2n) is 7.27. The summed E-state index contributed by atoms with van der Waals surface area (Å²) in [6, 6.07) is 1.48. The largest absolute Gasteiger partial charge is 0.383 e. The van der Waals surface area contributed by atoms with Crippen molar-refractivity contribution in [1.29, 1.82) is 0 Å². The second kappa shape index (κ2) is 9.75. The van der Waals surface area contributed by atoms with Crippen molar-refractivity contribution in [2.24, 2.45) is 0 Å². The molecule has 0 radical (unpaired) electrons. The van der Waals surface area contributed by atoms with Crippen molar-refractivity contribution in [1.82, 2.24) is 18.9 Å². The van der Waals surface area contributed by atoms with E-state index in [2.05, 4.69) is 16.9 Å². The van der Waals surface area contributed by atoms with E-state index in [9.17, 15) is 14.4 Å². The van der Waals surface area contributed by atoms with Gasteiger partial charge in [-0.05, 0) is 12.8 Å². The SMILES string of the molecule is CCCCCN(Cc1cc(=O)n2ccsc2n1)c1c(N)n(CCCC)c(=O)[nH]c1=O. The van der Waals surface area contributed by atoms with Gasteiger partial charge in [0.1, 0.15) is 11.5 Å². The summed E-state index contributed by atoms with van der Waals surface area (Å²) in [7, 11) is 0. The van der Waals surface area contributed by atoms with Crippen molar-refractivity contribution in [3.63, 3.8) is 0 Å². The van der Waals surface area contributed by atoms with E-state index >= 15 is 0 Å². The van der Waals surface area contributed by atoms with E-state index in [4.69, 9.17) is 5.73 Å². The lowest BCUT2D eigenvalue weighted by Crippen LogP contribution is -2.39. The number of nitrogen functional groups attached to an aromatic ring is 1. The summed E-state index contributed by atoms with van der Waals surface area (Å²) in [5.41, 5.74) is 5.94. The molecule has 3 N–H and O–H groups in total. The number of H-pyrrole nitrogens is 1. The Morgan fingerprint density at radius 3 is 2.67 bits per heavy atom. The van der Waals surface area contributed by atoms with Crippen LogP contribution in [0.3, 0.4) is 0 Å². The lowest BCUT2D eigenvalue weighted by Gasteiger charge is -2.26. The molecule has 30 heavy (non-hydrogen) atoms. The highest BCUT2D eigenvalue weighted by Gasteiger charge is 2.20. The number of nitrogens with two attached hydrogens (primary N) is 1. The van der Waals surface area contributed by atoms with Gasteiger partial charge in [0.05, 0.1) is 12.2 Å². The zero-order chi connectivity index (χ0) is 21.7. The van der Waals surface area contributed by atoms with Crippen LogP contribution in [0.1, 0.15) is 51.6 Å². The summed E-state index contributed by atoms with van der Waals surface area (Å²) in [6.07, 6.45) is 6.22. The second-order valence-corrected chi connectivity index (χ2v) is 8.14. The van der Waals surface area contributed by atoms with Crippen LogP contribution in [-0.4, -0.2) is 25.5 Å². The molecule has 162 valence electrons. The van der Waals surface area contributed by atoms with E-state index in [1.165, 1.54) is 26.4 Å². The summed E-state index contributed by atoms with van der Waals surface area (Å²) in [5, 5.41) is 1.80. The van der Waals surface area contributed by atoms with Crippen molar-refractivity contribution in [2.75, 3.05) is 17.2 Å². The van der Waals surface area contributed by atoms with Crippen LogP contribution >= 0.6 is 11.3 Å². The number of nitrogens with zero attached hydrogens (tertiary/aromatic N) is 4. The molecule has 9 nitrogen and oxygen atoms in total. The smallest absolute Gasteiger partial charge is 0.330 e. The summed E-state index contributed by atoms with van der Waals surface area (Å²) < 4.78 is 2.90. The first-order chi connectivity index (χ1) is 14.5. The third kappa shape index (κ3) is 4.64. The molecule has 0 aromatic carbocycles. The van der Waals surface area contributed by atoms with Gasteiger partial charge < -0.3 is 10.6 Å². The number of aromatic amines is 1. The topological polar surface area (TPSA) is 118 Å². The van der Waals surface area contributed by atoms with Crippen LogP contribution in [0.2, 0.25) is 0 Å². The van der Waals surface area contributed by atoms with Gasteiger partial charge in [-0.3, -0.25) is 23.5 Å². The monoisotopic (exact) mass is 432 g/mol. The first-order valence-corrected chi connectivity index (χ1v) is 11.2. The minimum absolute atomic E-state index is 0.155. The Bertz CT molecular complexity index is 1180. The Morgan fingerprint density at radius 1 is 1.17 bits per heavy atom. The third-order valence-electron chi connectivity index (χ3n) is 5.01. The fourth-order valence-electron chi connectivity index (χ4n) is 3.41. The number of anilines is 2. The number of thiazole rings is 1. The molecule has 10 heteroatoms. The third-order valence-corrected chi connectivity index (χ3v) is 5.76. The predicted octanol–water partition coefficient (Wildman–Crippen LogP) is 2.19. The van der Waals surface area contributed by atoms with Gasteiger partial charge in [0.25, 0.3) is 11.1 Å². The average Bonchev–Trinajstić information content (AvgIpc) is 3.17. The number of fused-ring (bicyclic) bond motifs is 1. The standard InChI is InChI=1S/C20H28N6O3S/c1-3-5-7-8-24(13-14-12-15(27)25-10-11-30-20(25)22-14)16-17(21)26(9-6-4-2)19(29)23-18(16)28/h10-12H,3-9,13,21H2,1-2H3,(H,23,28,29). The molecule has 0 atom stereocenters. The summed E-state index contributed by atoms with van der Waals surface area (Å²) in [4.78, 5) is 46.7. The van der Waals surface area contributed by atoms with Gasteiger partial charge >= 0.3 is 5.69 Å². The number of nitrogens with one attached hydrogen (secondary N) is 1. The average molecular weight is 433 g/mol. The molecule has 0 aliphatic rings. The highest BCUT2D eigenvalue weighted by atomic mass is 32.1. The van der Waals surface area contributed by atoms with E-state index in [-0.39, 0.29) is 23.6 Å². The Hall–Kier alpha value is -2.88. The highest BCUT2D eigenvalue weighted by Crippen LogP contribution is 2.20. The molecular weight excluding hydrogens is 404 g/mol. The molecular formula is C20H28N6O3S. The number of rotatable bonds is 10. The number of hydrogen-bond acceptors (Lipinski definition) is 7. The maximum Gasteiger partial charge on any atom is 0.330 e. The van der Waals surface area contributed by atoms with Gasteiger partial charge in [-0.1, -0.05) is 33.1 Å². The Morgan fingerprint density at radius 2 is 1.93 bits per heavy atom. The van der Waals surface area contributed by atoms with Gasteiger partial charge in [-0.2, -0.15) is 0 Å². The molecule has 0 aliphatic carbocycles. The van der Waals surface area contributed by atoms with Crippen molar-refractivity contribution < 1.29 is 0 Å². The lowest BCUT2D eigenvalue weighted by molar-refractivity contribution is 0.599. The van der Waals surface area contributed by atoms with Crippen LogP contribution in [-0.2, 0) is 13.1 Å². The fourth-order valence-corrected chi connectivity index (χ4v) is 4.15. The molecule has 3 aromatic rings. The van der Waals surface area contributed by atoms with Crippen molar-refractivity contribution in [3.8, 4) is 0 Å². The van der Waals surface area contributed by atoms with E-state index in [0.717, 1.165) is 32.1 Å². The Labute approximate surface area is 177 Å². The van der Waals surface area contributed by atoms with Crippen LogP contribution in [0.5, 0.6) is 0 Å². The number of unbranched alkanes of at least 4 members (excludes halogenated alkanes) is 3. The van der Waals surface area contributed by atoms with Crippen molar-refractivity contribution >= 4 is 27.8 Å². The van der Waals surface area contributed by atoms with E-state index in [1.54, 1.807) is 11.6 Å². The summed E-state index contributed by atoms with van der Waals surface area (Å²) in [6.45, 7) is 5.39. The van der Waals surface area contributed by atoms with Crippen molar-refractivity contribution in [3.05, 3.63) is 54.5 Å². The molecule has 3 rings (SSSR count). The normalized spacial score (nSPS) is 11.3. The molecule has 3 heterocycles. The maximum atomic E-state index is 12.7. The quantitative estimate of drug-likeness (QED) is 0.474. The van der Waals surface area contributed by atoms with Crippen LogP contribution in [0, 0.1) is 0 Å². The molecule has 0 saturated heterocycles. The fraction of sp³-hybridized carbons (Fsp3) is 0.500. The first kappa shape index (κ1) is 21.8. The summed E-state index contributed by atoms with van der Waals surface area (Å²) in [5.74, 6) is 0.155. The van der Waals surface area contributed by atoms with Crippen LogP contribution in [0.15, 0.2) is 32.0 Å². The first-order valence-electron chi connectivity index (χ1n) is 10.3. The van der Waals surface area contributed by atoms with Gasteiger partial charge in [-0.25, -0.2) is 9.78 Å². The molecule has 0 unspecified atom stereocenters. The number of hydrogen-bond donors (Lipinski definition) is 2. The minimum atomic E-state index is -0.518. The van der Waals surface area contributed by atoms with E-state index in [0.29, 0.717) is 23.7 Å². The molecule has 0 amide bonds. The molecule has 0 fully saturated rings. The number of aromatic nitrogens is 4. The zero-order valence-corrected chi connectivity index (χ0v) is 18.2. The van der Waals surface area contributed by atoms with Crippen LogP contribution in [0.25, 0.3) is 4.96 Å². The van der Waals surface area contributed by atoms with Gasteiger partial charge in [0.2, 0.25) is 0 Å². The van der Waals surface area contributed by atoms with Crippen molar-refractivity contribution in [2.45, 2.75) is 59.0 Å². The molecule has 0 bridgehead atoms. The molecule has 0 aliphatic heterocycles. The summed E-state index contributed by atoms with van der Waals surface area (Å²) >= 11 is 1.38. The molecule has 0 saturated carbocycles. The molecule has 3 aromatic heterocycles. The van der Waals surface area contributed by atoms with Gasteiger partial charge in [0.15, 0.2) is 4.96 Å². The lowest BCUT2D eigenvalue weighted by atomic mass is 10.2. The predicted molar refractivity (Wildman–Crippen MR) is 121 cm³/mol. The van der Waals surface area contributed by atoms with Crippen LogP contribution in [0.4, 0.5) is 11.5 Å². The van der Waals surface area contributed by atoms with Crippen LogP contribution < -0.4 is 27.4 Å². The van der Waals surface area contributed by atoms with Gasteiger partial charge in [-0.15, -0.1) is 11.3 Å². The minimum Gasteiger partial charge on any atom is -0.383 e. The zero-order valence-electron chi connectivity index (χ0n) is 17.4. The van der Waals surface area contributed by atoms with E-state index in [1.807, 2.05) is 11.8 Å². The highest BCUT2D eigenvalue weighted by molar-refractivity contribution is 7.15. The Balaban J connectivity index is 2.03. The molecule has 0 spiro atoms. The maximum absolute atomic E-state index is 12.7.